The number of pyridine rings is 2. The van der Waals surface area contributed by atoms with Crippen LogP contribution in [0.2, 0.25) is 0 Å². The summed E-state index contributed by atoms with van der Waals surface area (Å²) in [5.74, 6) is -4.37. The molecule has 1 aliphatic heterocycles. The maximum Gasteiger partial charge on any atom is 0.268 e. The van der Waals surface area contributed by atoms with Gasteiger partial charge in [0.2, 0.25) is 5.91 Å². The van der Waals surface area contributed by atoms with Crippen LogP contribution in [0.25, 0.3) is 11.1 Å². The molecular weight excluding hydrogens is 368 g/mol. The molecule has 1 fully saturated rings. The van der Waals surface area contributed by atoms with Gasteiger partial charge in [-0.1, -0.05) is 0 Å². The van der Waals surface area contributed by atoms with Crippen LogP contribution in [0, 0.1) is 18.3 Å². The number of carbonyl (C=O) groups excluding carboxylic acids is 2. The molecule has 1 unspecified atom stereocenters. The van der Waals surface area contributed by atoms with Gasteiger partial charge >= 0.3 is 0 Å². The average molecular weight is 385 g/mol. The third-order valence-electron chi connectivity index (χ3n) is 4.41. The fraction of sp³-hybridized carbons (Fsp3) is 0.316. The van der Waals surface area contributed by atoms with E-state index in [2.05, 4.69) is 15.3 Å². The fourth-order valence-corrected chi connectivity index (χ4v) is 3.08. The summed E-state index contributed by atoms with van der Waals surface area (Å²) in [6.45, 7) is 0.511. The summed E-state index contributed by atoms with van der Waals surface area (Å²) < 4.78 is 27.0. The van der Waals surface area contributed by atoms with Crippen molar-refractivity contribution in [3.63, 3.8) is 0 Å². The van der Waals surface area contributed by atoms with Crippen LogP contribution in [0.5, 0.6) is 0 Å². The summed E-state index contributed by atoms with van der Waals surface area (Å²) >= 11 is 0. The predicted molar refractivity (Wildman–Crippen MR) is 95.2 cm³/mol. The predicted octanol–water partition coefficient (Wildman–Crippen LogP) is 1.94. The van der Waals surface area contributed by atoms with Crippen molar-refractivity contribution in [1.82, 2.24) is 20.2 Å². The number of rotatable bonds is 4. The molecule has 2 aromatic heterocycles. The van der Waals surface area contributed by atoms with Gasteiger partial charge in [0.1, 0.15) is 6.04 Å². The summed E-state index contributed by atoms with van der Waals surface area (Å²) in [7, 11) is 0. The van der Waals surface area contributed by atoms with Gasteiger partial charge in [0, 0.05) is 36.3 Å². The second-order valence-corrected chi connectivity index (χ2v) is 6.52. The Labute approximate surface area is 160 Å². The lowest BCUT2D eigenvalue weighted by atomic mass is 10.0. The largest absolute Gasteiger partial charge is 0.343 e. The first kappa shape index (κ1) is 19.4. The molecular formula is C19H17F2N5O2. The van der Waals surface area contributed by atoms with E-state index in [9.17, 15) is 18.4 Å². The van der Waals surface area contributed by atoms with E-state index in [0.717, 1.165) is 16.2 Å². The molecule has 0 spiro atoms. The van der Waals surface area contributed by atoms with Gasteiger partial charge in [0.15, 0.2) is 0 Å². The van der Waals surface area contributed by atoms with Gasteiger partial charge in [-0.3, -0.25) is 19.6 Å². The number of aromatic nitrogens is 2. The Morgan fingerprint density at radius 2 is 2.18 bits per heavy atom. The maximum absolute atomic E-state index is 13.5. The van der Waals surface area contributed by atoms with Crippen molar-refractivity contribution in [2.24, 2.45) is 0 Å². The highest BCUT2D eigenvalue weighted by Crippen LogP contribution is 2.31. The molecule has 28 heavy (non-hydrogen) atoms. The first-order valence-electron chi connectivity index (χ1n) is 8.53. The van der Waals surface area contributed by atoms with Crippen LogP contribution >= 0.6 is 0 Å². The molecule has 2 aromatic rings. The Morgan fingerprint density at radius 1 is 1.39 bits per heavy atom. The zero-order valence-electron chi connectivity index (χ0n) is 15.0. The summed E-state index contributed by atoms with van der Waals surface area (Å²) in [6, 6.07) is 5.54. The Kier molecular flexibility index (Phi) is 5.31. The normalized spacial score (nSPS) is 17.8. The molecule has 3 heterocycles. The molecule has 0 bridgehead atoms. The number of hydrogen-bond donors (Lipinski definition) is 1. The molecule has 3 rings (SSSR count). The number of hydrogen-bond acceptors (Lipinski definition) is 5. The van der Waals surface area contributed by atoms with Crippen LogP contribution in [0.3, 0.4) is 0 Å². The first-order chi connectivity index (χ1) is 13.3. The quantitative estimate of drug-likeness (QED) is 0.867. The lowest BCUT2D eigenvalue weighted by Gasteiger charge is -2.19. The van der Waals surface area contributed by atoms with Crippen LogP contribution in [-0.4, -0.2) is 51.7 Å². The third kappa shape index (κ3) is 4.11. The number of likely N-dealkylation sites (tertiary alicyclic amines) is 1. The summed E-state index contributed by atoms with van der Waals surface area (Å²) in [5, 5.41) is 11.4. The van der Waals surface area contributed by atoms with E-state index in [-0.39, 0.29) is 5.56 Å². The first-order valence-corrected chi connectivity index (χ1v) is 8.53. The molecule has 1 aliphatic rings. The van der Waals surface area contributed by atoms with Gasteiger partial charge in [-0.15, -0.1) is 0 Å². The highest BCUT2D eigenvalue weighted by atomic mass is 19.3. The van der Waals surface area contributed by atoms with Crippen LogP contribution in [0.1, 0.15) is 22.5 Å². The van der Waals surface area contributed by atoms with Crippen molar-refractivity contribution in [2.45, 2.75) is 25.3 Å². The minimum atomic E-state index is -3.10. The smallest absolute Gasteiger partial charge is 0.268 e. The molecule has 7 nitrogen and oxygen atoms in total. The van der Waals surface area contributed by atoms with E-state index in [4.69, 9.17) is 5.26 Å². The van der Waals surface area contributed by atoms with E-state index in [0.29, 0.717) is 5.56 Å². The lowest BCUT2D eigenvalue weighted by Crippen LogP contribution is -2.43. The number of nitrogens with zero attached hydrogens (tertiary/aromatic N) is 4. The van der Waals surface area contributed by atoms with Gasteiger partial charge in [-0.25, -0.2) is 8.78 Å². The number of carbonyl (C=O) groups is 2. The Morgan fingerprint density at radius 3 is 2.89 bits per heavy atom. The van der Waals surface area contributed by atoms with Crippen molar-refractivity contribution in [2.75, 3.05) is 13.1 Å². The molecule has 144 valence electrons. The second-order valence-electron chi connectivity index (χ2n) is 6.52. The van der Waals surface area contributed by atoms with Crippen LogP contribution in [0.4, 0.5) is 8.78 Å². The van der Waals surface area contributed by atoms with Crippen molar-refractivity contribution in [1.29, 1.82) is 5.26 Å². The minimum Gasteiger partial charge on any atom is -0.343 e. The Bertz CT molecular complexity index is 957. The average Bonchev–Trinajstić information content (AvgIpc) is 3.00. The minimum absolute atomic E-state index is 0.289. The molecule has 1 saturated heterocycles. The number of alkyl halides is 2. The van der Waals surface area contributed by atoms with Crippen molar-refractivity contribution >= 4 is 11.8 Å². The maximum atomic E-state index is 13.5. The van der Waals surface area contributed by atoms with E-state index < -0.39 is 43.3 Å². The van der Waals surface area contributed by atoms with E-state index >= 15 is 0 Å². The second kappa shape index (κ2) is 7.68. The Balaban J connectivity index is 1.73. The molecule has 2 amide bonds. The lowest BCUT2D eigenvalue weighted by molar-refractivity contribution is -0.131. The molecule has 0 saturated carbocycles. The van der Waals surface area contributed by atoms with Crippen molar-refractivity contribution < 1.29 is 18.4 Å². The zero-order chi connectivity index (χ0) is 20.3. The number of nitrogens with one attached hydrogen (secondary N) is 1. The van der Waals surface area contributed by atoms with Crippen LogP contribution in [-0.2, 0) is 4.79 Å². The standard InChI is InChI=1S/C19H17F2N5O2/c1-12-6-13(2-5-24-12)16-9-23-4-3-15(16)18(28)25-10-17(27)26-11-19(20,21)7-14(26)8-22/h2-6,9,14H,7,10-11H2,1H3,(H,25,28). The molecule has 1 N–H and O–H groups in total. The van der Waals surface area contributed by atoms with E-state index in [1.807, 2.05) is 6.92 Å². The number of nitriles is 1. The fourth-order valence-electron chi connectivity index (χ4n) is 3.08. The van der Waals surface area contributed by atoms with Crippen LogP contribution in [0.15, 0.2) is 36.8 Å². The molecule has 0 radical (unpaired) electrons. The van der Waals surface area contributed by atoms with Gasteiger partial charge in [-0.2, -0.15) is 5.26 Å². The molecule has 9 heteroatoms. The monoisotopic (exact) mass is 385 g/mol. The third-order valence-corrected chi connectivity index (χ3v) is 4.41. The topological polar surface area (TPSA) is 99.0 Å². The van der Waals surface area contributed by atoms with Gasteiger partial charge < -0.3 is 10.2 Å². The SMILES string of the molecule is Cc1cc(-c2cnccc2C(=O)NCC(=O)N2CC(F)(F)CC2C#N)ccn1. The molecule has 0 aromatic carbocycles. The zero-order valence-corrected chi connectivity index (χ0v) is 15.0. The van der Waals surface area contributed by atoms with Crippen molar-refractivity contribution in [3.8, 4) is 17.2 Å². The molecule has 0 aliphatic carbocycles. The molecule has 1 atom stereocenters. The summed E-state index contributed by atoms with van der Waals surface area (Å²) in [5.41, 5.74) is 2.35. The highest BCUT2D eigenvalue weighted by Gasteiger charge is 2.47. The van der Waals surface area contributed by atoms with Crippen LogP contribution < -0.4 is 5.32 Å². The summed E-state index contributed by atoms with van der Waals surface area (Å²) in [4.78, 5) is 33.8. The highest BCUT2D eigenvalue weighted by molar-refractivity contribution is 6.02. The van der Waals surface area contributed by atoms with Crippen molar-refractivity contribution in [3.05, 3.63) is 48.0 Å². The van der Waals surface area contributed by atoms with Gasteiger partial charge in [0.05, 0.1) is 24.7 Å². The number of halogens is 2. The Hall–Kier alpha value is -3.41. The van der Waals surface area contributed by atoms with E-state index in [1.165, 1.54) is 18.5 Å². The van der Waals surface area contributed by atoms with Gasteiger partial charge in [0.25, 0.3) is 11.8 Å². The van der Waals surface area contributed by atoms with Gasteiger partial charge in [-0.05, 0) is 30.7 Å². The summed E-state index contributed by atoms with van der Waals surface area (Å²) in [6.07, 6.45) is 3.89. The van der Waals surface area contributed by atoms with E-state index in [1.54, 1.807) is 24.4 Å². The number of amides is 2. The number of aryl methyl sites for hydroxylation is 1.